The number of rotatable bonds is 6. The third-order valence-corrected chi connectivity index (χ3v) is 5.61. The fourth-order valence-corrected chi connectivity index (χ4v) is 4.07. The van der Waals surface area contributed by atoms with Crippen LogP contribution in [0.4, 0.5) is 0 Å². The van der Waals surface area contributed by atoms with Gasteiger partial charge in [-0.3, -0.25) is 4.79 Å². The van der Waals surface area contributed by atoms with Crippen molar-refractivity contribution >= 4 is 28.8 Å². The molecule has 0 aromatic carbocycles. The number of nitrogens with zero attached hydrogens (tertiary/aromatic N) is 4. The molecule has 1 aliphatic rings. The minimum Gasteiger partial charge on any atom is -0.351 e. The van der Waals surface area contributed by atoms with Crippen LogP contribution in [0.25, 0.3) is 11.2 Å². The Morgan fingerprint density at radius 3 is 2.92 bits per heavy atom. The van der Waals surface area contributed by atoms with E-state index in [1.807, 2.05) is 30.6 Å². The van der Waals surface area contributed by atoms with Crippen LogP contribution in [0.3, 0.4) is 0 Å². The largest absolute Gasteiger partial charge is 0.351 e. The predicted octanol–water partition coefficient (Wildman–Crippen LogP) is 3.46. The van der Waals surface area contributed by atoms with E-state index in [1.165, 1.54) is 25.7 Å². The van der Waals surface area contributed by atoms with Crippen LogP contribution in [0.2, 0.25) is 0 Å². The quantitative estimate of drug-likeness (QED) is 0.533. The number of carbonyl (C=O) groups is 1. The monoisotopic (exact) mass is 367 g/mol. The van der Waals surface area contributed by atoms with Crippen LogP contribution < -0.4 is 5.32 Å². The summed E-state index contributed by atoms with van der Waals surface area (Å²) in [5, 5.41) is 3.89. The molecule has 26 heavy (non-hydrogen) atoms. The molecule has 3 aromatic heterocycles. The first-order valence-electron chi connectivity index (χ1n) is 8.96. The van der Waals surface area contributed by atoms with E-state index in [2.05, 4.69) is 24.8 Å². The second-order valence-corrected chi connectivity index (χ2v) is 7.54. The maximum atomic E-state index is 12.4. The second-order valence-electron chi connectivity index (χ2n) is 6.43. The van der Waals surface area contributed by atoms with E-state index < -0.39 is 0 Å². The second kappa shape index (κ2) is 7.86. The summed E-state index contributed by atoms with van der Waals surface area (Å²) in [7, 11) is 0. The molecule has 1 amide bonds. The van der Waals surface area contributed by atoms with Crippen molar-refractivity contribution < 1.29 is 4.79 Å². The van der Waals surface area contributed by atoms with Crippen molar-refractivity contribution in [1.29, 1.82) is 0 Å². The van der Waals surface area contributed by atoms with E-state index in [-0.39, 0.29) is 5.91 Å². The van der Waals surface area contributed by atoms with E-state index in [1.54, 1.807) is 24.2 Å². The van der Waals surface area contributed by atoms with Gasteiger partial charge < -0.3 is 9.88 Å². The highest BCUT2D eigenvalue weighted by atomic mass is 32.2. The Hall–Kier alpha value is -2.41. The third kappa shape index (κ3) is 3.72. The predicted molar refractivity (Wildman–Crippen MR) is 102 cm³/mol. The normalized spacial score (nSPS) is 14.8. The van der Waals surface area contributed by atoms with Crippen molar-refractivity contribution in [2.24, 2.45) is 0 Å². The van der Waals surface area contributed by atoms with Gasteiger partial charge in [0.15, 0.2) is 5.65 Å². The molecular weight excluding hydrogens is 346 g/mol. The molecular formula is C19H21N5OS. The Kier molecular flexibility index (Phi) is 5.15. The molecule has 0 atom stereocenters. The minimum atomic E-state index is -0.114. The lowest BCUT2D eigenvalue weighted by Crippen LogP contribution is -2.25. The number of carbonyl (C=O) groups excluding carboxylic acids is 1. The van der Waals surface area contributed by atoms with Crippen molar-refractivity contribution in [2.75, 3.05) is 12.3 Å². The SMILES string of the molecule is O=C(NCCSc1ccccn1)c1cnc2c(c1)ncn2C1CCCC1. The highest BCUT2D eigenvalue weighted by molar-refractivity contribution is 7.99. The average molecular weight is 367 g/mol. The van der Waals surface area contributed by atoms with Gasteiger partial charge in [0.2, 0.25) is 0 Å². The molecule has 1 aliphatic carbocycles. The first-order valence-corrected chi connectivity index (χ1v) is 9.94. The Morgan fingerprint density at radius 1 is 1.23 bits per heavy atom. The topological polar surface area (TPSA) is 72.7 Å². The summed E-state index contributed by atoms with van der Waals surface area (Å²) in [5.74, 6) is 0.658. The fraction of sp³-hybridized carbons (Fsp3) is 0.368. The Bertz CT molecular complexity index is 889. The molecule has 0 unspecified atom stereocenters. The first-order chi connectivity index (χ1) is 12.8. The molecule has 0 bridgehead atoms. The number of amides is 1. The van der Waals surface area contributed by atoms with Crippen LogP contribution in [-0.4, -0.2) is 37.7 Å². The van der Waals surface area contributed by atoms with Crippen LogP contribution in [0, 0.1) is 0 Å². The van der Waals surface area contributed by atoms with Gasteiger partial charge in [-0.05, 0) is 31.0 Å². The summed E-state index contributed by atoms with van der Waals surface area (Å²) in [6, 6.07) is 8.14. The molecule has 134 valence electrons. The highest BCUT2D eigenvalue weighted by Crippen LogP contribution is 2.31. The third-order valence-electron chi connectivity index (χ3n) is 4.67. The van der Waals surface area contributed by atoms with Crippen molar-refractivity contribution in [1.82, 2.24) is 24.8 Å². The Morgan fingerprint density at radius 2 is 2.12 bits per heavy atom. The molecule has 7 heteroatoms. The molecule has 1 saturated carbocycles. The summed E-state index contributed by atoms with van der Waals surface area (Å²) in [6.07, 6.45) is 10.2. The van der Waals surface area contributed by atoms with E-state index >= 15 is 0 Å². The first kappa shape index (κ1) is 17.0. The molecule has 0 saturated heterocycles. The maximum Gasteiger partial charge on any atom is 0.252 e. The number of pyridine rings is 2. The number of thioether (sulfide) groups is 1. The molecule has 1 fully saturated rings. The molecule has 3 heterocycles. The maximum absolute atomic E-state index is 12.4. The van der Waals surface area contributed by atoms with Crippen molar-refractivity contribution in [3.8, 4) is 0 Å². The van der Waals surface area contributed by atoms with Crippen molar-refractivity contribution in [2.45, 2.75) is 36.8 Å². The molecule has 0 aliphatic heterocycles. The standard InChI is InChI=1S/C19H21N5OS/c25-19(21-9-10-26-17-7-3-4-8-20-17)14-11-16-18(22-12-14)24(13-23-16)15-5-1-2-6-15/h3-4,7-8,11-13,15H,1-2,5-6,9-10H2,(H,21,25). The van der Waals surface area contributed by atoms with E-state index in [0.29, 0.717) is 18.2 Å². The summed E-state index contributed by atoms with van der Waals surface area (Å²) in [6.45, 7) is 0.578. The lowest BCUT2D eigenvalue weighted by molar-refractivity contribution is 0.0956. The molecule has 1 N–H and O–H groups in total. The van der Waals surface area contributed by atoms with Crippen LogP contribution in [0.1, 0.15) is 42.1 Å². The minimum absolute atomic E-state index is 0.114. The molecule has 4 rings (SSSR count). The number of imidazole rings is 1. The molecule has 6 nitrogen and oxygen atoms in total. The number of aromatic nitrogens is 4. The Labute approximate surface area is 156 Å². The lowest BCUT2D eigenvalue weighted by atomic mass is 10.2. The molecule has 0 radical (unpaired) electrons. The smallest absolute Gasteiger partial charge is 0.252 e. The zero-order valence-electron chi connectivity index (χ0n) is 14.5. The van der Waals surface area contributed by atoms with Gasteiger partial charge in [0.05, 0.1) is 16.9 Å². The van der Waals surface area contributed by atoms with Crippen molar-refractivity contribution in [3.63, 3.8) is 0 Å². The van der Waals surface area contributed by atoms with Gasteiger partial charge in [0.1, 0.15) is 5.52 Å². The lowest BCUT2D eigenvalue weighted by Gasteiger charge is -2.11. The summed E-state index contributed by atoms with van der Waals surface area (Å²) < 4.78 is 2.16. The number of hydrogen-bond acceptors (Lipinski definition) is 5. The van der Waals surface area contributed by atoms with Gasteiger partial charge in [0.25, 0.3) is 5.91 Å². The summed E-state index contributed by atoms with van der Waals surface area (Å²) in [5.41, 5.74) is 2.21. The van der Waals surface area contributed by atoms with E-state index in [4.69, 9.17) is 0 Å². The van der Waals surface area contributed by atoms with Gasteiger partial charge in [-0.25, -0.2) is 15.0 Å². The van der Waals surface area contributed by atoms with Gasteiger partial charge >= 0.3 is 0 Å². The zero-order chi connectivity index (χ0) is 17.8. The van der Waals surface area contributed by atoms with Gasteiger partial charge in [-0.15, -0.1) is 11.8 Å². The number of nitrogens with one attached hydrogen (secondary N) is 1. The van der Waals surface area contributed by atoms with E-state index in [0.717, 1.165) is 21.9 Å². The zero-order valence-corrected chi connectivity index (χ0v) is 15.3. The average Bonchev–Trinajstić information content (AvgIpc) is 3.34. The van der Waals surface area contributed by atoms with Gasteiger partial charge in [-0.1, -0.05) is 18.9 Å². The number of hydrogen-bond donors (Lipinski definition) is 1. The van der Waals surface area contributed by atoms with E-state index in [9.17, 15) is 4.79 Å². The van der Waals surface area contributed by atoms with Gasteiger partial charge in [-0.2, -0.15) is 0 Å². The fourth-order valence-electron chi connectivity index (χ4n) is 3.35. The van der Waals surface area contributed by atoms with Gasteiger partial charge in [0, 0.05) is 30.7 Å². The van der Waals surface area contributed by atoms with Crippen LogP contribution in [0.15, 0.2) is 48.0 Å². The van der Waals surface area contributed by atoms with Crippen LogP contribution >= 0.6 is 11.8 Å². The molecule has 0 spiro atoms. The van der Waals surface area contributed by atoms with Crippen LogP contribution in [0.5, 0.6) is 0 Å². The summed E-state index contributed by atoms with van der Waals surface area (Å²) in [4.78, 5) is 25.6. The van der Waals surface area contributed by atoms with Crippen molar-refractivity contribution in [3.05, 3.63) is 48.5 Å². The van der Waals surface area contributed by atoms with Crippen LogP contribution in [-0.2, 0) is 0 Å². The summed E-state index contributed by atoms with van der Waals surface area (Å²) >= 11 is 1.62. The Balaban J connectivity index is 1.36. The number of fused-ring (bicyclic) bond motifs is 1. The molecule has 3 aromatic rings. The highest BCUT2D eigenvalue weighted by Gasteiger charge is 2.20.